The van der Waals surface area contributed by atoms with E-state index >= 15 is 0 Å². The van der Waals surface area contributed by atoms with Gasteiger partial charge >= 0.3 is 0 Å². The minimum absolute atomic E-state index is 0.0490. The first-order valence-electron chi connectivity index (χ1n) is 5.99. The summed E-state index contributed by atoms with van der Waals surface area (Å²) < 4.78 is 0. The van der Waals surface area contributed by atoms with Crippen LogP contribution in [0, 0.1) is 5.92 Å². The lowest BCUT2D eigenvalue weighted by Gasteiger charge is -2.26. The molecule has 3 nitrogen and oxygen atoms in total. The third-order valence-corrected chi connectivity index (χ3v) is 3.08. The molecule has 1 unspecified atom stereocenters. The van der Waals surface area contributed by atoms with E-state index in [1.807, 2.05) is 20.8 Å². The molecule has 0 spiro atoms. The highest BCUT2D eigenvalue weighted by Gasteiger charge is 2.23. The lowest BCUT2D eigenvalue weighted by molar-refractivity contribution is -0.126. The number of rotatable bonds is 7. The Labute approximate surface area is 93.3 Å². The minimum atomic E-state index is -0.735. The first-order valence-corrected chi connectivity index (χ1v) is 5.99. The number of amides is 1. The normalized spacial score (nSPS) is 13.7. The average molecular weight is 215 g/mol. The van der Waals surface area contributed by atoms with E-state index in [0.717, 1.165) is 12.8 Å². The van der Waals surface area contributed by atoms with Crippen LogP contribution in [-0.4, -0.2) is 23.2 Å². The van der Waals surface area contributed by atoms with E-state index in [0.29, 0.717) is 19.4 Å². The molecule has 0 rings (SSSR count). The maximum absolute atomic E-state index is 11.6. The Morgan fingerprint density at radius 1 is 1.33 bits per heavy atom. The third kappa shape index (κ3) is 5.17. The first-order chi connectivity index (χ1) is 6.99. The van der Waals surface area contributed by atoms with Gasteiger partial charge in [-0.05, 0) is 19.3 Å². The van der Waals surface area contributed by atoms with E-state index < -0.39 is 5.60 Å². The standard InChI is InChI=1S/C12H25NO2/c1-5-8-10(4)11(14)13-9-12(15,6-2)7-3/h10,15H,5-9H2,1-4H3,(H,13,14). The zero-order chi connectivity index (χ0) is 11.9. The molecule has 0 aliphatic heterocycles. The monoisotopic (exact) mass is 215 g/mol. The summed E-state index contributed by atoms with van der Waals surface area (Å²) in [5.41, 5.74) is -0.735. The van der Waals surface area contributed by atoms with Crippen LogP contribution in [0.4, 0.5) is 0 Å². The van der Waals surface area contributed by atoms with Crippen molar-refractivity contribution in [2.75, 3.05) is 6.54 Å². The molecule has 0 aliphatic carbocycles. The van der Waals surface area contributed by atoms with Gasteiger partial charge in [-0.2, -0.15) is 0 Å². The Morgan fingerprint density at radius 3 is 2.27 bits per heavy atom. The van der Waals surface area contributed by atoms with Crippen LogP contribution < -0.4 is 5.32 Å². The predicted molar refractivity (Wildman–Crippen MR) is 62.6 cm³/mol. The Bertz CT molecular complexity index is 188. The number of hydrogen-bond donors (Lipinski definition) is 2. The number of carbonyl (C=O) groups excluding carboxylic acids is 1. The lowest BCUT2D eigenvalue weighted by Crippen LogP contribution is -2.43. The minimum Gasteiger partial charge on any atom is -0.388 e. The van der Waals surface area contributed by atoms with Crippen LogP contribution in [0.3, 0.4) is 0 Å². The van der Waals surface area contributed by atoms with Crippen molar-refractivity contribution >= 4 is 5.91 Å². The first kappa shape index (κ1) is 14.4. The van der Waals surface area contributed by atoms with Gasteiger partial charge in [-0.25, -0.2) is 0 Å². The topological polar surface area (TPSA) is 49.3 Å². The van der Waals surface area contributed by atoms with Crippen molar-refractivity contribution in [1.29, 1.82) is 0 Å². The summed E-state index contributed by atoms with van der Waals surface area (Å²) in [6.07, 6.45) is 3.26. The van der Waals surface area contributed by atoms with E-state index in [2.05, 4.69) is 12.2 Å². The second kappa shape index (κ2) is 6.83. The molecule has 0 radical (unpaired) electrons. The number of nitrogens with one attached hydrogen (secondary N) is 1. The van der Waals surface area contributed by atoms with Gasteiger partial charge in [0.05, 0.1) is 5.60 Å². The SMILES string of the molecule is CCCC(C)C(=O)NCC(O)(CC)CC. The van der Waals surface area contributed by atoms with Crippen LogP contribution in [0.2, 0.25) is 0 Å². The fraction of sp³-hybridized carbons (Fsp3) is 0.917. The number of aliphatic hydroxyl groups is 1. The largest absolute Gasteiger partial charge is 0.388 e. The number of carbonyl (C=O) groups is 1. The van der Waals surface area contributed by atoms with Gasteiger partial charge in [0, 0.05) is 12.5 Å². The summed E-state index contributed by atoms with van der Waals surface area (Å²) >= 11 is 0. The average Bonchev–Trinajstić information content (AvgIpc) is 2.25. The molecule has 1 atom stereocenters. The van der Waals surface area contributed by atoms with Crippen molar-refractivity contribution in [3.8, 4) is 0 Å². The molecule has 15 heavy (non-hydrogen) atoms. The quantitative estimate of drug-likeness (QED) is 0.683. The maximum Gasteiger partial charge on any atom is 0.222 e. The molecule has 0 aromatic rings. The summed E-state index contributed by atoms with van der Waals surface area (Å²) in [7, 11) is 0. The van der Waals surface area contributed by atoms with E-state index in [-0.39, 0.29) is 11.8 Å². The molecule has 90 valence electrons. The zero-order valence-corrected chi connectivity index (χ0v) is 10.5. The molecular formula is C12H25NO2. The molecule has 0 saturated carbocycles. The van der Waals surface area contributed by atoms with E-state index in [4.69, 9.17) is 0 Å². The van der Waals surface area contributed by atoms with Crippen LogP contribution in [0.1, 0.15) is 53.4 Å². The van der Waals surface area contributed by atoms with Crippen molar-refractivity contribution < 1.29 is 9.90 Å². The van der Waals surface area contributed by atoms with Crippen LogP contribution >= 0.6 is 0 Å². The highest BCUT2D eigenvalue weighted by Crippen LogP contribution is 2.13. The van der Waals surface area contributed by atoms with Crippen LogP contribution in [0.15, 0.2) is 0 Å². The Hall–Kier alpha value is -0.570. The van der Waals surface area contributed by atoms with E-state index in [9.17, 15) is 9.90 Å². The predicted octanol–water partition coefficient (Wildman–Crippen LogP) is 2.09. The van der Waals surface area contributed by atoms with Crippen LogP contribution in [0.5, 0.6) is 0 Å². The van der Waals surface area contributed by atoms with E-state index in [1.54, 1.807) is 0 Å². The molecule has 0 fully saturated rings. The van der Waals surface area contributed by atoms with Gasteiger partial charge in [0.2, 0.25) is 5.91 Å². The third-order valence-electron chi connectivity index (χ3n) is 3.08. The summed E-state index contributed by atoms with van der Waals surface area (Å²) in [4.78, 5) is 11.6. The fourth-order valence-corrected chi connectivity index (χ4v) is 1.49. The van der Waals surface area contributed by atoms with Crippen molar-refractivity contribution in [3.63, 3.8) is 0 Å². The second-order valence-corrected chi connectivity index (χ2v) is 4.34. The van der Waals surface area contributed by atoms with Crippen LogP contribution in [0.25, 0.3) is 0 Å². The Morgan fingerprint density at radius 2 is 1.87 bits per heavy atom. The van der Waals surface area contributed by atoms with Crippen molar-refractivity contribution in [2.24, 2.45) is 5.92 Å². The van der Waals surface area contributed by atoms with E-state index in [1.165, 1.54) is 0 Å². The second-order valence-electron chi connectivity index (χ2n) is 4.34. The van der Waals surface area contributed by atoms with Gasteiger partial charge in [-0.1, -0.05) is 34.1 Å². The summed E-state index contributed by atoms with van der Waals surface area (Å²) in [5.74, 6) is 0.102. The van der Waals surface area contributed by atoms with Gasteiger partial charge in [-0.3, -0.25) is 4.79 Å². The van der Waals surface area contributed by atoms with Crippen molar-refractivity contribution in [2.45, 2.75) is 59.0 Å². The fourth-order valence-electron chi connectivity index (χ4n) is 1.49. The maximum atomic E-state index is 11.6. The van der Waals surface area contributed by atoms with Crippen molar-refractivity contribution in [1.82, 2.24) is 5.32 Å². The summed E-state index contributed by atoms with van der Waals surface area (Å²) in [5, 5.41) is 12.8. The molecule has 1 amide bonds. The molecule has 0 saturated heterocycles. The summed E-state index contributed by atoms with van der Waals surface area (Å²) in [6, 6.07) is 0. The van der Waals surface area contributed by atoms with Gasteiger partial charge in [0.25, 0.3) is 0 Å². The Kier molecular flexibility index (Phi) is 6.57. The number of hydrogen-bond acceptors (Lipinski definition) is 2. The van der Waals surface area contributed by atoms with Gasteiger partial charge in [0.15, 0.2) is 0 Å². The molecule has 0 aromatic heterocycles. The molecule has 0 heterocycles. The zero-order valence-electron chi connectivity index (χ0n) is 10.5. The Balaban J connectivity index is 3.98. The van der Waals surface area contributed by atoms with Gasteiger partial charge < -0.3 is 10.4 Å². The van der Waals surface area contributed by atoms with Gasteiger partial charge in [-0.15, -0.1) is 0 Å². The smallest absolute Gasteiger partial charge is 0.222 e. The molecule has 2 N–H and O–H groups in total. The molecular weight excluding hydrogens is 190 g/mol. The lowest BCUT2D eigenvalue weighted by atomic mass is 9.97. The summed E-state index contributed by atoms with van der Waals surface area (Å²) in [6.45, 7) is 8.23. The highest BCUT2D eigenvalue weighted by molar-refractivity contribution is 5.78. The molecule has 0 aliphatic rings. The van der Waals surface area contributed by atoms with Crippen molar-refractivity contribution in [3.05, 3.63) is 0 Å². The molecule has 0 aromatic carbocycles. The van der Waals surface area contributed by atoms with Gasteiger partial charge in [0.1, 0.15) is 0 Å². The van der Waals surface area contributed by atoms with Crippen LogP contribution in [-0.2, 0) is 4.79 Å². The highest BCUT2D eigenvalue weighted by atomic mass is 16.3. The molecule has 3 heteroatoms. The molecule has 0 bridgehead atoms.